The molecule has 1 aromatic heterocycles. The third-order valence-corrected chi connectivity index (χ3v) is 11.1. The van der Waals surface area contributed by atoms with Crippen molar-refractivity contribution in [2.45, 2.75) is 47.7 Å². The van der Waals surface area contributed by atoms with Crippen LogP contribution in [0, 0.1) is 5.92 Å². The van der Waals surface area contributed by atoms with E-state index in [4.69, 9.17) is 4.42 Å². The second-order valence-electron chi connectivity index (χ2n) is 12.3. The van der Waals surface area contributed by atoms with Crippen LogP contribution in [0.1, 0.15) is 64.9 Å². The summed E-state index contributed by atoms with van der Waals surface area (Å²) in [6, 6.07) is 27.1. The lowest BCUT2D eigenvalue weighted by molar-refractivity contribution is 0.462. The van der Waals surface area contributed by atoms with Crippen molar-refractivity contribution in [3.05, 3.63) is 149 Å². The number of allylic oxidation sites excluding steroid dienone is 7. The minimum Gasteiger partial charge on any atom is -0.461 e. The van der Waals surface area contributed by atoms with E-state index in [9.17, 15) is 0 Å². The Hall–Kier alpha value is -4.21. The highest BCUT2D eigenvalue weighted by Gasteiger charge is 2.36. The molecule has 0 radical (unpaired) electrons. The number of hydrogen-bond acceptors (Lipinski definition) is 3. The number of nitrogens with zero attached hydrogens (tertiary/aromatic N) is 1. The number of anilines is 3. The lowest BCUT2D eigenvalue weighted by atomic mass is 9.70. The smallest absolute Gasteiger partial charge is 0.130 e. The minimum atomic E-state index is 0.388. The summed E-state index contributed by atoms with van der Waals surface area (Å²) < 4.78 is 6.32. The van der Waals surface area contributed by atoms with Crippen LogP contribution in [0.5, 0.6) is 0 Å². The minimum absolute atomic E-state index is 0.388. The Morgan fingerprint density at radius 3 is 2.58 bits per heavy atom. The fourth-order valence-corrected chi connectivity index (χ4v) is 9.04. The first-order valence-corrected chi connectivity index (χ1v) is 16.5. The topological polar surface area (TPSA) is 16.4 Å². The lowest BCUT2D eigenvalue weighted by Crippen LogP contribution is -2.20. The summed E-state index contributed by atoms with van der Waals surface area (Å²) in [4.78, 5) is 3.78. The fraction of sp³-hybridized carbons (Fsp3) is 0.200. The lowest BCUT2D eigenvalue weighted by Gasteiger charge is -2.33. The van der Waals surface area contributed by atoms with Crippen molar-refractivity contribution in [2.24, 2.45) is 5.92 Å². The van der Waals surface area contributed by atoms with Gasteiger partial charge in [0.2, 0.25) is 0 Å². The van der Waals surface area contributed by atoms with E-state index in [1.165, 1.54) is 55.5 Å². The standard InChI is InChI=1S/C40H33NOS/c1-2-8-29(9-3-1)41(31-21-22-33-32-10-5-7-13-38(32)43-39(33)25-31)30-19-16-26(17-20-30)28-15-14-27-18-23-37-40(35(27)24-28)34-11-4-6-12-36(34)42-37/h1-5,7-11,14-23,25,27-28,35,38H,6,12-13,24H2. The van der Waals surface area contributed by atoms with Crippen molar-refractivity contribution < 1.29 is 4.42 Å². The maximum Gasteiger partial charge on any atom is 0.130 e. The van der Waals surface area contributed by atoms with Gasteiger partial charge in [-0.2, -0.15) is 0 Å². The molecule has 4 unspecified atom stereocenters. The molecular weight excluding hydrogens is 543 g/mol. The van der Waals surface area contributed by atoms with E-state index in [0.29, 0.717) is 23.0 Å². The quantitative estimate of drug-likeness (QED) is 0.225. The molecular formula is C40H33NOS. The average molecular weight is 576 g/mol. The van der Waals surface area contributed by atoms with E-state index < -0.39 is 0 Å². The molecule has 0 fully saturated rings. The van der Waals surface area contributed by atoms with Gasteiger partial charge in [0.15, 0.2) is 0 Å². The van der Waals surface area contributed by atoms with Gasteiger partial charge in [-0.05, 0) is 84.4 Å². The summed E-state index contributed by atoms with van der Waals surface area (Å²) in [5, 5.41) is 0.544. The maximum atomic E-state index is 6.32. The summed E-state index contributed by atoms with van der Waals surface area (Å²) in [6.07, 6.45) is 25.1. The van der Waals surface area contributed by atoms with Crippen molar-refractivity contribution in [3.8, 4) is 0 Å². The molecule has 4 atom stereocenters. The summed E-state index contributed by atoms with van der Waals surface area (Å²) in [6.45, 7) is 0. The number of hydrogen-bond donors (Lipinski definition) is 0. The van der Waals surface area contributed by atoms with Gasteiger partial charge in [-0.3, -0.25) is 0 Å². The molecule has 4 aliphatic carbocycles. The molecule has 2 heterocycles. The molecule has 3 heteroatoms. The van der Waals surface area contributed by atoms with Gasteiger partial charge >= 0.3 is 0 Å². The molecule has 4 aromatic rings. The number of furan rings is 1. The van der Waals surface area contributed by atoms with E-state index >= 15 is 0 Å². The zero-order valence-electron chi connectivity index (χ0n) is 24.0. The summed E-state index contributed by atoms with van der Waals surface area (Å²) >= 11 is 2.01. The Morgan fingerprint density at radius 2 is 1.67 bits per heavy atom. The zero-order chi connectivity index (χ0) is 28.3. The molecule has 43 heavy (non-hydrogen) atoms. The Bertz CT molecular complexity index is 1870. The Morgan fingerprint density at radius 1 is 0.814 bits per heavy atom. The SMILES string of the molecule is C1=CCC2Sc3cc(N(c4ccccc4)c4ccc(C5C=CC6C=Cc7oc8c(c7C6C5)C=CCC8)cc4)ccc3C2=C1. The molecule has 0 saturated carbocycles. The summed E-state index contributed by atoms with van der Waals surface area (Å²) in [5.41, 5.74) is 10.6. The predicted octanol–water partition coefficient (Wildman–Crippen LogP) is 11.0. The number of aryl methyl sites for hydroxylation is 1. The van der Waals surface area contributed by atoms with Crippen LogP contribution >= 0.6 is 11.8 Å². The van der Waals surface area contributed by atoms with Gasteiger partial charge in [0, 0.05) is 56.6 Å². The number of benzene rings is 3. The van der Waals surface area contributed by atoms with Gasteiger partial charge in [0.05, 0.1) is 0 Å². The van der Waals surface area contributed by atoms with Crippen molar-refractivity contribution in [1.29, 1.82) is 0 Å². The Labute approximate surface area is 257 Å². The van der Waals surface area contributed by atoms with Crippen molar-refractivity contribution in [1.82, 2.24) is 0 Å². The molecule has 0 N–H and O–H groups in total. The predicted molar refractivity (Wildman–Crippen MR) is 180 cm³/mol. The molecule has 9 rings (SSSR count). The second-order valence-corrected chi connectivity index (χ2v) is 13.5. The molecule has 0 bridgehead atoms. The van der Waals surface area contributed by atoms with Crippen LogP contribution in [-0.4, -0.2) is 5.25 Å². The Kier molecular flexibility index (Phi) is 6.01. The van der Waals surface area contributed by atoms with Crippen LogP contribution in [0.2, 0.25) is 0 Å². The van der Waals surface area contributed by atoms with Crippen LogP contribution < -0.4 is 4.90 Å². The van der Waals surface area contributed by atoms with E-state index in [1.807, 2.05) is 11.8 Å². The molecule has 0 amide bonds. The van der Waals surface area contributed by atoms with Gasteiger partial charge in [-0.15, -0.1) is 11.8 Å². The highest BCUT2D eigenvalue weighted by molar-refractivity contribution is 8.00. The van der Waals surface area contributed by atoms with Gasteiger partial charge in [-0.1, -0.05) is 85.0 Å². The third kappa shape index (κ3) is 4.24. The second kappa shape index (κ2) is 10.2. The number of rotatable bonds is 4. The highest BCUT2D eigenvalue weighted by Crippen LogP contribution is 2.51. The van der Waals surface area contributed by atoms with E-state index in [0.717, 1.165) is 31.4 Å². The van der Waals surface area contributed by atoms with Crippen molar-refractivity contribution in [2.75, 3.05) is 4.90 Å². The van der Waals surface area contributed by atoms with Gasteiger partial charge in [0.25, 0.3) is 0 Å². The van der Waals surface area contributed by atoms with E-state index in [2.05, 4.69) is 132 Å². The summed E-state index contributed by atoms with van der Waals surface area (Å²) in [5.74, 6) is 3.55. The van der Waals surface area contributed by atoms with Crippen LogP contribution in [0.4, 0.5) is 17.1 Å². The maximum absolute atomic E-state index is 6.32. The van der Waals surface area contributed by atoms with Gasteiger partial charge in [-0.25, -0.2) is 0 Å². The van der Waals surface area contributed by atoms with Crippen LogP contribution in [0.3, 0.4) is 0 Å². The fourth-order valence-electron chi connectivity index (χ4n) is 7.69. The first-order valence-electron chi connectivity index (χ1n) is 15.6. The van der Waals surface area contributed by atoms with Crippen molar-refractivity contribution in [3.63, 3.8) is 0 Å². The summed E-state index contributed by atoms with van der Waals surface area (Å²) in [7, 11) is 0. The first-order chi connectivity index (χ1) is 21.3. The van der Waals surface area contributed by atoms with E-state index in [-0.39, 0.29) is 0 Å². The van der Waals surface area contributed by atoms with Crippen molar-refractivity contribution >= 4 is 46.5 Å². The molecule has 210 valence electrons. The number of thioether (sulfide) groups is 1. The molecule has 0 spiro atoms. The molecule has 0 saturated heterocycles. The molecule has 2 nitrogen and oxygen atoms in total. The molecule has 3 aromatic carbocycles. The third-order valence-electron chi connectivity index (χ3n) is 9.80. The largest absolute Gasteiger partial charge is 0.461 e. The number of para-hydroxylation sites is 1. The first kappa shape index (κ1) is 25.3. The zero-order valence-corrected chi connectivity index (χ0v) is 24.8. The molecule has 5 aliphatic rings. The van der Waals surface area contributed by atoms with Crippen LogP contribution in [0.25, 0.3) is 17.7 Å². The van der Waals surface area contributed by atoms with Gasteiger partial charge < -0.3 is 9.32 Å². The average Bonchev–Trinajstić information content (AvgIpc) is 3.64. The molecule has 1 aliphatic heterocycles. The number of fused-ring (bicyclic) bond motifs is 8. The van der Waals surface area contributed by atoms with Crippen LogP contribution in [0.15, 0.2) is 125 Å². The van der Waals surface area contributed by atoms with E-state index in [1.54, 1.807) is 0 Å². The Balaban J connectivity index is 1.04. The normalized spacial score (nSPS) is 24.0. The van der Waals surface area contributed by atoms with Gasteiger partial charge in [0.1, 0.15) is 11.5 Å². The van der Waals surface area contributed by atoms with Crippen LogP contribution in [-0.2, 0) is 6.42 Å². The highest BCUT2D eigenvalue weighted by atomic mass is 32.2. The monoisotopic (exact) mass is 575 g/mol.